The molecule has 18 heavy (non-hydrogen) atoms. The van der Waals surface area contributed by atoms with E-state index in [0.717, 1.165) is 19.6 Å². The summed E-state index contributed by atoms with van der Waals surface area (Å²) in [6.45, 7) is 4.35. The van der Waals surface area contributed by atoms with Gasteiger partial charge in [-0.3, -0.25) is 9.69 Å². The van der Waals surface area contributed by atoms with Crippen LogP contribution >= 0.6 is 0 Å². The van der Waals surface area contributed by atoms with Crippen molar-refractivity contribution in [2.45, 2.75) is 0 Å². The number of hydrogen-bond donors (Lipinski definition) is 1. The molecule has 0 bridgehead atoms. The Kier molecular flexibility index (Phi) is 4.28. The molecule has 0 atom stereocenters. The van der Waals surface area contributed by atoms with Gasteiger partial charge in [-0.15, -0.1) is 0 Å². The van der Waals surface area contributed by atoms with Crippen molar-refractivity contribution in [1.82, 2.24) is 9.80 Å². The maximum atomic E-state index is 13.5. The number of hydrogen-bond acceptors (Lipinski definition) is 3. The fraction of sp³-hybridized carbons (Fsp3) is 0.462. The first-order chi connectivity index (χ1) is 8.72. The van der Waals surface area contributed by atoms with Gasteiger partial charge >= 0.3 is 0 Å². The second-order valence-corrected chi connectivity index (χ2v) is 4.40. The van der Waals surface area contributed by atoms with Crippen molar-refractivity contribution in [3.05, 3.63) is 35.6 Å². The van der Waals surface area contributed by atoms with Crippen LogP contribution in [0.3, 0.4) is 0 Å². The van der Waals surface area contributed by atoms with Gasteiger partial charge in [0.15, 0.2) is 0 Å². The first kappa shape index (κ1) is 13.0. The van der Waals surface area contributed by atoms with Crippen molar-refractivity contribution in [2.24, 2.45) is 5.73 Å². The van der Waals surface area contributed by atoms with Crippen LogP contribution in [0.2, 0.25) is 0 Å². The van der Waals surface area contributed by atoms with E-state index in [1.54, 1.807) is 17.0 Å². The third kappa shape index (κ3) is 2.86. The van der Waals surface area contributed by atoms with Crippen molar-refractivity contribution < 1.29 is 9.18 Å². The summed E-state index contributed by atoms with van der Waals surface area (Å²) >= 11 is 0. The van der Waals surface area contributed by atoms with E-state index in [9.17, 15) is 9.18 Å². The average molecular weight is 251 g/mol. The van der Waals surface area contributed by atoms with Gasteiger partial charge in [0.1, 0.15) is 5.82 Å². The Morgan fingerprint density at radius 3 is 2.50 bits per heavy atom. The second-order valence-electron chi connectivity index (χ2n) is 4.40. The fourth-order valence-electron chi connectivity index (χ4n) is 2.16. The maximum Gasteiger partial charge on any atom is 0.256 e. The van der Waals surface area contributed by atoms with Crippen LogP contribution in [0.25, 0.3) is 0 Å². The second kappa shape index (κ2) is 5.93. The van der Waals surface area contributed by atoms with Crippen molar-refractivity contribution >= 4 is 5.91 Å². The number of amides is 1. The summed E-state index contributed by atoms with van der Waals surface area (Å²) in [4.78, 5) is 16.0. The van der Waals surface area contributed by atoms with Crippen molar-refractivity contribution in [2.75, 3.05) is 39.3 Å². The van der Waals surface area contributed by atoms with Crippen LogP contribution in [-0.4, -0.2) is 55.0 Å². The van der Waals surface area contributed by atoms with E-state index in [1.165, 1.54) is 12.1 Å². The van der Waals surface area contributed by atoms with Gasteiger partial charge in [0.25, 0.3) is 5.91 Å². The zero-order valence-electron chi connectivity index (χ0n) is 10.3. The van der Waals surface area contributed by atoms with E-state index in [2.05, 4.69) is 4.90 Å². The number of nitrogens with two attached hydrogens (primary N) is 1. The largest absolute Gasteiger partial charge is 0.336 e. The molecule has 1 amide bonds. The Balaban J connectivity index is 1.98. The molecule has 0 unspecified atom stereocenters. The summed E-state index contributed by atoms with van der Waals surface area (Å²) in [5.74, 6) is -0.674. The third-order valence-electron chi connectivity index (χ3n) is 3.21. The van der Waals surface area contributed by atoms with Crippen LogP contribution in [0.15, 0.2) is 24.3 Å². The molecule has 1 aliphatic heterocycles. The summed E-state index contributed by atoms with van der Waals surface area (Å²) in [5.41, 5.74) is 5.65. The Morgan fingerprint density at radius 2 is 1.89 bits per heavy atom. The number of benzene rings is 1. The molecule has 4 nitrogen and oxygen atoms in total. The van der Waals surface area contributed by atoms with E-state index in [1.807, 2.05) is 0 Å². The molecule has 0 spiro atoms. The van der Waals surface area contributed by atoms with Gasteiger partial charge in [0.2, 0.25) is 0 Å². The summed E-state index contributed by atoms with van der Waals surface area (Å²) in [7, 11) is 0. The Bertz CT molecular complexity index is 416. The molecule has 98 valence electrons. The van der Waals surface area contributed by atoms with Crippen LogP contribution in [0.4, 0.5) is 4.39 Å². The summed E-state index contributed by atoms with van der Waals surface area (Å²) < 4.78 is 13.5. The minimum Gasteiger partial charge on any atom is -0.336 e. The SMILES string of the molecule is NCCN1CCN(C(=O)c2ccccc2F)CC1. The lowest BCUT2D eigenvalue weighted by Gasteiger charge is -2.34. The van der Waals surface area contributed by atoms with Gasteiger partial charge in [0.05, 0.1) is 5.56 Å². The summed E-state index contributed by atoms with van der Waals surface area (Å²) in [5, 5.41) is 0. The minimum absolute atomic E-state index is 0.157. The summed E-state index contributed by atoms with van der Waals surface area (Å²) in [6.07, 6.45) is 0. The van der Waals surface area contributed by atoms with E-state index >= 15 is 0 Å². The smallest absolute Gasteiger partial charge is 0.256 e. The zero-order valence-corrected chi connectivity index (χ0v) is 10.3. The molecule has 1 heterocycles. The van der Waals surface area contributed by atoms with E-state index in [4.69, 9.17) is 5.73 Å². The molecular weight excluding hydrogens is 233 g/mol. The molecule has 1 aromatic rings. The lowest BCUT2D eigenvalue weighted by molar-refractivity contribution is 0.0636. The first-order valence-electron chi connectivity index (χ1n) is 6.18. The Hall–Kier alpha value is -1.46. The number of carbonyl (C=O) groups is 1. The molecule has 0 saturated carbocycles. The number of nitrogens with zero attached hydrogens (tertiary/aromatic N) is 2. The number of carbonyl (C=O) groups excluding carboxylic acids is 1. The van der Waals surface area contributed by atoms with Crippen LogP contribution in [-0.2, 0) is 0 Å². The molecular formula is C13H18FN3O. The van der Waals surface area contributed by atoms with Crippen molar-refractivity contribution in [1.29, 1.82) is 0 Å². The molecule has 1 saturated heterocycles. The zero-order chi connectivity index (χ0) is 13.0. The van der Waals surface area contributed by atoms with Gasteiger partial charge in [-0.25, -0.2) is 4.39 Å². The van der Waals surface area contributed by atoms with Gasteiger partial charge in [-0.2, -0.15) is 0 Å². The van der Waals surface area contributed by atoms with Crippen LogP contribution in [0.1, 0.15) is 10.4 Å². The van der Waals surface area contributed by atoms with E-state index < -0.39 is 5.82 Å². The Labute approximate surface area is 106 Å². The van der Waals surface area contributed by atoms with E-state index in [0.29, 0.717) is 19.6 Å². The average Bonchev–Trinajstić information content (AvgIpc) is 2.40. The van der Waals surface area contributed by atoms with Gasteiger partial charge < -0.3 is 10.6 Å². The predicted octanol–water partition coefficient (Wildman–Crippen LogP) is 0.542. The molecule has 5 heteroatoms. The highest BCUT2D eigenvalue weighted by Crippen LogP contribution is 2.12. The molecule has 2 N–H and O–H groups in total. The molecule has 0 radical (unpaired) electrons. The highest BCUT2D eigenvalue weighted by Gasteiger charge is 2.23. The highest BCUT2D eigenvalue weighted by molar-refractivity contribution is 5.94. The van der Waals surface area contributed by atoms with Gasteiger partial charge in [-0.05, 0) is 12.1 Å². The van der Waals surface area contributed by atoms with Crippen LogP contribution in [0, 0.1) is 5.82 Å². The van der Waals surface area contributed by atoms with Crippen molar-refractivity contribution in [3.63, 3.8) is 0 Å². The number of halogens is 1. The normalized spacial score (nSPS) is 16.9. The highest BCUT2D eigenvalue weighted by atomic mass is 19.1. The van der Waals surface area contributed by atoms with Crippen LogP contribution in [0.5, 0.6) is 0 Å². The number of piperazine rings is 1. The van der Waals surface area contributed by atoms with Gasteiger partial charge in [-0.1, -0.05) is 12.1 Å². The quantitative estimate of drug-likeness (QED) is 0.853. The fourth-order valence-corrected chi connectivity index (χ4v) is 2.16. The van der Waals surface area contributed by atoms with E-state index in [-0.39, 0.29) is 11.5 Å². The predicted molar refractivity (Wildman–Crippen MR) is 67.8 cm³/mol. The van der Waals surface area contributed by atoms with Crippen LogP contribution < -0.4 is 5.73 Å². The lowest BCUT2D eigenvalue weighted by Crippen LogP contribution is -2.49. The molecule has 1 fully saturated rings. The molecule has 0 aliphatic carbocycles. The van der Waals surface area contributed by atoms with Gasteiger partial charge in [0, 0.05) is 39.3 Å². The summed E-state index contributed by atoms with van der Waals surface area (Å²) in [6, 6.07) is 6.12. The molecule has 0 aromatic heterocycles. The lowest BCUT2D eigenvalue weighted by atomic mass is 10.1. The third-order valence-corrected chi connectivity index (χ3v) is 3.21. The monoisotopic (exact) mass is 251 g/mol. The first-order valence-corrected chi connectivity index (χ1v) is 6.18. The van der Waals surface area contributed by atoms with Crippen molar-refractivity contribution in [3.8, 4) is 0 Å². The molecule has 1 aliphatic rings. The minimum atomic E-state index is -0.452. The topological polar surface area (TPSA) is 49.6 Å². The maximum absolute atomic E-state index is 13.5. The Morgan fingerprint density at radius 1 is 1.22 bits per heavy atom. The molecule has 2 rings (SSSR count). The number of rotatable bonds is 3. The standard InChI is InChI=1S/C13H18FN3O/c14-12-4-2-1-3-11(12)13(18)17-9-7-16(6-5-15)8-10-17/h1-4H,5-10,15H2. The molecule has 1 aromatic carbocycles.